The zero-order valence-electron chi connectivity index (χ0n) is 10.8. The maximum absolute atomic E-state index is 9.58. The molecule has 1 atom stereocenters. The molecular weight excluding hydrogens is 242 g/mol. The topological polar surface area (TPSA) is 33.1 Å². The molecule has 2 nitrogen and oxygen atoms in total. The first-order valence-corrected chi connectivity index (χ1v) is 6.77. The molecule has 2 rings (SSSR count). The quantitative estimate of drug-likeness (QED) is 0.907. The second kappa shape index (κ2) is 5.55. The molecule has 1 heterocycles. The highest BCUT2D eigenvalue weighted by molar-refractivity contribution is 7.99. The van der Waals surface area contributed by atoms with Crippen molar-refractivity contribution in [2.24, 2.45) is 0 Å². The number of pyridine rings is 1. The van der Waals surface area contributed by atoms with Crippen LogP contribution in [0.25, 0.3) is 0 Å². The van der Waals surface area contributed by atoms with Gasteiger partial charge < -0.3 is 5.11 Å². The lowest BCUT2D eigenvalue weighted by molar-refractivity contribution is 0.199. The molecular formula is C15H17NOS. The summed E-state index contributed by atoms with van der Waals surface area (Å²) in [6.45, 7) is 5.95. The Bertz CT molecular complexity index is 552. The molecule has 0 spiro atoms. The minimum Gasteiger partial charge on any atom is -0.389 e. The molecule has 0 amide bonds. The number of hydrogen-bond donors (Lipinski definition) is 1. The molecule has 2 aromatic rings. The Morgan fingerprint density at radius 1 is 1.17 bits per heavy atom. The van der Waals surface area contributed by atoms with E-state index in [1.165, 1.54) is 16.0 Å². The number of aliphatic hydroxyl groups excluding tert-OH is 1. The average Bonchev–Trinajstić information content (AvgIpc) is 2.34. The third-order valence-electron chi connectivity index (χ3n) is 2.80. The Morgan fingerprint density at radius 2 is 1.94 bits per heavy atom. The number of aliphatic hydroxyl groups is 1. The van der Waals surface area contributed by atoms with Gasteiger partial charge in [-0.3, -0.25) is 0 Å². The van der Waals surface area contributed by atoms with Crippen LogP contribution in [0.15, 0.2) is 46.5 Å². The molecule has 0 radical (unpaired) electrons. The van der Waals surface area contributed by atoms with Crippen LogP contribution in [0.2, 0.25) is 0 Å². The van der Waals surface area contributed by atoms with Crippen molar-refractivity contribution in [2.45, 2.75) is 36.8 Å². The maximum Gasteiger partial charge on any atom is 0.101 e. The second-order valence-electron chi connectivity index (χ2n) is 4.47. The minimum atomic E-state index is -0.453. The van der Waals surface area contributed by atoms with E-state index in [1.54, 1.807) is 24.9 Å². The summed E-state index contributed by atoms with van der Waals surface area (Å²) in [4.78, 5) is 5.55. The molecule has 0 aliphatic carbocycles. The number of aryl methyl sites for hydroxylation is 2. The minimum absolute atomic E-state index is 0.453. The van der Waals surface area contributed by atoms with Gasteiger partial charge in [0.2, 0.25) is 0 Å². The van der Waals surface area contributed by atoms with Crippen LogP contribution in [0.3, 0.4) is 0 Å². The number of nitrogens with zero attached hydrogens (tertiary/aromatic N) is 1. The van der Waals surface area contributed by atoms with Gasteiger partial charge in [-0.05, 0) is 55.7 Å². The smallest absolute Gasteiger partial charge is 0.101 e. The monoisotopic (exact) mass is 259 g/mol. The standard InChI is InChI=1S/C15H17NOS/c1-10-4-5-11(2)14(8-10)18-15-9-13(12(3)17)6-7-16-15/h4-9,12,17H,1-3H3/t12-/m1/s1. The van der Waals surface area contributed by atoms with Crippen LogP contribution in [-0.2, 0) is 0 Å². The average molecular weight is 259 g/mol. The van der Waals surface area contributed by atoms with Crippen molar-refractivity contribution in [3.8, 4) is 0 Å². The molecule has 0 fully saturated rings. The van der Waals surface area contributed by atoms with Crippen LogP contribution in [0, 0.1) is 13.8 Å². The third kappa shape index (κ3) is 3.12. The van der Waals surface area contributed by atoms with Gasteiger partial charge in [0.15, 0.2) is 0 Å². The van der Waals surface area contributed by atoms with Crippen LogP contribution in [0.4, 0.5) is 0 Å². The molecule has 0 bridgehead atoms. The van der Waals surface area contributed by atoms with Crippen molar-refractivity contribution in [2.75, 3.05) is 0 Å². The zero-order chi connectivity index (χ0) is 13.1. The fraction of sp³-hybridized carbons (Fsp3) is 0.267. The van der Waals surface area contributed by atoms with Crippen LogP contribution >= 0.6 is 11.8 Å². The van der Waals surface area contributed by atoms with Gasteiger partial charge in [0.1, 0.15) is 5.03 Å². The van der Waals surface area contributed by atoms with E-state index in [-0.39, 0.29) is 0 Å². The van der Waals surface area contributed by atoms with Gasteiger partial charge in [0.05, 0.1) is 6.10 Å². The molecule has 1 N–H and O–H groups in total. The van der Waals surface area contributed by atoms with Crippen molar-refractivity contribution in [1.29, 1.82) is 0 Å². The van der Waals surface area contributed by atoms with Gasteiger partial charge >= 0.3 is 0 Å². The van der Waals surface area contributed by atoms with E-state index in [0.717, 1.165) is 10.6 Å². The summed E-state index contributed by atoms with van der Waals surface area (Å²) >= 11 is 1.64. The number of benzene rings is 1. The summed E-state index contributed by atoms with van der Waals surface area (Å²) in [6.07, 6.45) is 1.29. The van der Waals surface area contributed by atoms with Crippen molar-refractivity contribution < 1.29 is 5.11 Å². The van der Waals surface area contributed by atoms with Crippen LogP contribution in [0.1, 0.15) is 29.7 Å². The van der Waals surface area contributed by atoms with Gasteiger partial charge in [-0.25, -0.2) is 4.98 Å². The molecule has 0 aliphatic rings. The zero-order valence-corrected chi connectivity index (χ0v) is 11.7. The number of hydrogen-bond acceptors (Lipinski definition) is 3. The normalized spacial score (nSPS) is 12.4. The van der Waals surface area contributed by atoms with Gasteiger partial charge in [-0.1, -0.05) is 23.9 Å². The molecule has 3 heteroatoms. The molecule has 0 saturated carbocycles. The Kier molecular flexibility index (Phi) is 4.04. The van der Waals surface area contributed by atoms with E-state index < -0.39 is 6.10 Å². The summed E-state index contributed by atoms with van der Waals surface area (Å²) < 4.78 is 0. The Hall–Kier alpha value is -1.32. The van der Waals surface area contributed by atoms with Crippen LogP contribution < -0.4 is 0 Å². The van der Waals surface area contributed by atoms with E-state index in [0.29, 0.717) is 0 Å². The van der Waals surface area contributed by atoms with Gasteiger partial charge in [0, 0.05) is 11.1 Å². The molecule has 1 aromatic heterocycles. The summed E-state index contributed by atoms with van der Waals surface area (Å²) in [6, 6.07) is 10.2. The Morgan fingerprint density at radius 3 is 2.67 bits per heavy atom. The first kappa shape index (κ1) is 13.1. The highest BCUT2D eigenvalue weighted by atomic mass is 32.2. The second-order valence-corrected chi connectivity index (χ2v) is 5.54. The highest BCUT2D eigenvalue weighted by Gasteiger charge is 2.06. The van der Waals surface area contributed by atoms with Crippen molar-refractivity contribution in [3.63, 3.8) is 0 Å². The Labute approximate surface area is 112 Å². The lowest BCUT2D eigenvalue weighted by Gasteiger charge is -2.08. The van der Waals surface area contributed by atoms with E-state index in [9.17, 15) is 5.11 Å². The summed E-state index contributed by atoms with van der Waals surface area (Å²) in [7, 11) is 0. The molecule has 0 aliphatic heterocycles. The first-order chi connectivity index (χ1) is 8.56. The van der Waals surface area contributed by atoms with Crippen molar-refractivity contribution >= 4 is 11.8 Å². The highest BCUT2D eigenvalue weighted by Crippen LogP contribution is 2.30. The summed E-state index contributed by atoms with van der Waals surface area (Å²) in [5.74, 6) is 0. The molecule has 0 unspecified atom stereocenters. The summed E-state index contributed by atoms with van der Waals surface area (Å²) in [5, 5.41) is 10.5. The van der Waals surface area contributed by atoms with Gasteiger partial charge in [-0.15, -0.1) is 0 Å². The third-order valence-corrected chi connectivity index (χ3v) is 3.89. The molecule has 0 saturated heterocycles. The van der Waals surface area contributed by atoms with Crippen LogP contribution in [0.5, 0.6) is 0 Å². The largest absolute Gasteiger partial charge is 0.389 e. The maximum atomic E-state index is 9.58. The van der Waals surface area contributed by atoms with Gasteiger partial charge in [0.25, 0.3) is 0 Å². The van der Waals surface area contributed by atoms with E-state index in [2.05, 4.69) is 37.0 Å². The predicted molar refractivity (Wildman–Crippen MR) is 74.9 cm³/mol. The molecule has 94 valence electrons. The van der Waals surface area contributed by atoms with E-state index in [1.807, 2.05) is 12.1 Å². The lowest BCUT2D eigenvalue weighted by atomic mass is 10.2. The van der Waals surface area contributed by atoms with Crippen molar-refractivity contribution in [3.05, 3.63) is 53.2 Å². The first-order valence-electron chi connectivity index (χ1n) is 5.95. The molecule has 18 heavy (non-hydrogen) atoms. The predicted octanol–water partition coefficient (Wildman–Crippen LogP) is 3.90. The van der Waals surface area contributed by atoms with E-state index >= 15 is 0 Å². The van der Waals surface area contributed by atoms with Crippen LogP contribution in [-0.4, -0.2) is 10.1 Å². The number of aromatic nitrogens is 1. The molecule has 1 aromatic carbocycles. The number of rotatable bonds is 3. The Balaban J connectivity index is 2.28. The fourth-order valence-corrected chi connectivity index (χ4v) is 2.68. The van der Waals surface area contributed by atoms with Crippen molar-refractivity contribution in [1.82, 2.24) is 4.98 Å². The summed E-state index contributed by atoms with van der Waals surface area (Å²) in [5.41, 5.74) is 3.39. The fourth-order valence-electron chi connectivity index (χ4n) is 1.67. The van der Waals surface area contributed by atoms with Gasteiger partial charge in [-0.2, -0.15) is 0 Å². The lowest BCUT2D eigenvalue weighted by Crippen LogP contribution is -1.92. The van der Waals surface area contributed by atoms with E-state index in [4.69, 9.17) is 0 Å². The SMILES string of the molecule is Cc1ccc(C)c(Sc2cc([C@@H](C)O)ccn2)c1.